The number of fused-ring (bicyclic) bond motifs is 2. The third-order valence-electron chi connectivity index (χ3n) is 3.51. The molecule has 0 aliphatic heterocycles. The first-order valence-corrected chi connectivity index (χ1v) is 5.14. The molecule has 1 aromatic carbocycles. The van der Waals surface area contributed by atoms with Gasteiger partial charge in [-0.15, -0.1) is 0 Å². The summed E-state index contributed by atoms with van der Waals surface area (Å²) < 4.78 is 0. The Kier molecular flexibility index (Phi) is 1.30. The second-order valence-corrected chi connectivity index (χ2v) is 4.39. The molecule has 13 heavy (non-hydrogen) atoms. The summed E-state index contributed by atoms with van der Waals surface area (Å²) in [6.45, 7) is 2.20. The van der Waals surface area contributed by atoms with Gasteiger partial charge in [-0.05, 0) is 48.3 Å². The summed E-state index contributed by atoms with van der Waals surface area (Å²) in [6.07, 6.45) is 4.64. The van der Waals surface area contributed by atoms with Crippen molar-refractivity contribution in [2.75, 3.05) is 0 Å². The van der Waals surface area contributed by atoms with Gasteiger partial charge in [-0.1, -0.05) is 13.0 Å². The molecule has 0 bridgehead atoms. The van der Waals surface area contributed by atoms with Gasteiger partial charge in [0.15, 0.2) is 0 Å². The normalized spacial score (nSPS) is 23.6. The standard InChI is InChI=1S/C12H14O/c1-7-5-9-6-8-3-2-4-10(8)12(13)11(7)9/h6-7,13H,2-5H2,1H3. The molecule has 1 unspecified atom stereocenters. The number of rotatable bonds is 0. The lowest BCUT2D eigenvalue weighted by Gasteiger charge is -2.29. The molecule has 0 saturated heterocycles. The molecular weight excluding hydrogens is 160 g/mol. The molecule has 0 aromatic heterocycles. The zero-order valence-corrected chi connectivity index (χ0v) is 7.93. The number of benzene rings is 1. The van der Waals surface area contributed by atoms with E-state index in [0.717, 1.165) is 12.8 Å². The molecule has 3 rings (SSSR count). The fourth-order valence-electron chi connectivity index (χ4n) is 2.82. The third-order valence-corrected chi connectivity index (χ3v) is 3.51. The van der Waals surface area contributed by atoms with Crippen molar-refractivity contribution in [1.29, 1.82) is 0 Å². The fourth-order valence-corrected chi connectivity index (χ4v) is 2.82. The topological polar surface area (TPSA) is 20.2 Å². The molecular formula is C12H14O. The van der Waals surface area contributed by atoms with E-state index in [4.69, 9.17) is 0 Å². The van der Waals surface area contributed by atoms with Gasteiger partial charge in [0.2, 0.25) is 0 Å². The average molecular weight is 174 g/mol. The van der Waals surface area contributed by atoms with Gasteiger partial charge in [0.25, 0.3) is 0 Å². The summed E-state index contributed by atoms with van der Waals surface area (Å²) in [4.78, 5) is 0. The third kappa shape index (κ3) is 0.822. The van der Waals surface area contributed by atoms with Crippen LogP contribution in [0, 0.1) is 0 Å². The van der Waals surface area contributed by atoms with Crippen LogP contribution in [-0.2, 0) is 19.3 Å². The molecule has 0 amide bonds. The van der Waals surface area contributed by atoms with Crippen molar-refractivity contribution >= 4 is 0 Å². The van der Waals surface area contributed by atoms with Crippen LogP contribution in [0.5, 0.6) is 5.75 Å². The van der Waals surface area contributed by atoms with Crippen LogP contribution >= 0.6 is 0 Å². The monoisotopic (exact) mass is 174 g/mol. The lowest BCUT2D eigenvalue weighted by molar-refractivity contribution is 0.445. The number of aryl methyl sites for hydroxylation is 1. The molecule has 1 aromatic rings. The molecule has 0 heterocycles. The minimum atomic E-state index is 0.584. The summed E-state index contributed by atoms with van der Waals surface area (Å²) in [7, 11) is 0. The fraction of sp³-hybridized carbons (Fsp3) is 0.500. The van der Waals surface area contributed by atoms with E-state index in [1.807, 2.05) is 0 Å². The van der Waals surface area contributed by atoms with Crippen LogP contribution in [0.3, 0.4) is 0 Å². The minimum Gasteiger partial charge on any atom is -0.507 e. The maximum absolute atomic E-state index is 10.0. The summed E-state index contributed by atoms with van der Waals surface area (Å²) >= 11 is 0. The van der Waals surface area contributed by atoms with Crippen LogP contribution in [0.2, 0.25) is 0 Å². The van der Waals surface area contributed by atoms with Crippen molar-refractivity contribution in [3.8, 4) is 5.75 Å². The summed E-state index contributed by atoms with van der Waals surface area (Å²) in [5.74, 6) is 1.21. The van der Waals surface area contributed by atoms with Crippen molar-refractivity contribution in [3.05, 3.63) is 28.3 Å². The highest BCUT2D eigenvalue weighted by molar-refractivity contribution is 5.57. The van der Waals surface area contributed by atoms with E-state index in [1.54, 1.807) is 0 Å². The molecule has 0 spiro atoms. The highest BCUT2D eigenvalue weighted by atomic mass is 16.3. The van der Waals surface area contributed by atoms with Gasteiger partial charge < -0.3 is 5.11 Å². The van der Waals surface area contributed by atoms with Crippen LogP contribution < -0.4 is 0 Å². The van der Waals surface area contributed by atoms with E-state index in [0.29, 0.717) is 11.7 Å². The summed E-state index contributed by atoms with van der Waals surface area (Å²) in [6, 6.07) is 2.32. The van der Waals surface area contributed by atoms with Gasteiger partial charge in [-0.2, -0.15) is 0 Å². The highest BCUT2D eigenvalue weighted by Crippen LogP contribution is 2.46. The van der Waals surface area contributed by atoms with Gasteiger partial charge in [-0.3, -0.25) is 0 Å². The van der Waals surface area contributed by atoms with Crippen molar-refractivity contribution in [1.82, 2.24) is 0 Å². The summed E-state index contributed by atoms with van der Waals surface area (Å²) in [5, 5.41) is 10.0. The van der Waals surface area contributed by atoms with E-state index >= 15 is 0 Å². The van der Waals surface area contributed by atoms with Gasteiger partial charge in [0.05, 0.1) is 0 Å². The van der Waals surface area contributed by atoms with Crippen LogP contribution in [0.4, 0.5) is 0 Å². The number of aromatic hydroxyl groups is 1. The largest absolute Gasteiger partial charge is 0.507 e. The van der Waals surface area contributed by atoms with Crippen LogP contribution in [0.1, 0.15) is 41.5 Å². The second-order valence-electron chi connectivity index (χ2n) is 4.39. The van der Waals surface area contributed by atoms with E-state index < -0.39 is 0 Å². The zero-order valence-electron chi connectivity index (χ0n) is 7.93. The van der Waals surface area contributed by atoms with Gasteiger partial charge in [0.1, 0.15) is 5.75 Å². The maximum atomic E-state index is 10.0. The lowest BCUT2D eigenvalue weighted by Crippen LogP contribution is -2.15. The predicted molar refractivity (Wildman–Crippen MR) is 52.3 cm³/mol. The van der Waals surface area contributed by atoms with Crippen LogP contribution in [0.25, 0.3) is 0 Å². The predicted octanol–water partition coefficient (Wildman–Crippen LogP) is 2.54. The molecule has 68 valence electrons. The number of phenolic OH excluding ortho intramolecular Hbond substituents is 1. The zero-order chi connectivity index (χ0) is 9.00. The molecule has 2 aliphatic rings. The number of hydrogen-bond donors (Lipinski definition) is 1. The Labute approximate surface area is 78.4 Å². The van der Waals surface area contributed by atoms with E-state index in [2.05, 4.69) is 13.0 Å². The van der Waals surface area contributed by atoms with Crippen molar-refractivity contribution in [2.45, 2.75) is 38.5 Å². The average Bonchev–Trinajstić information content (AvgIpc) is 2.50. The Bertz CT molecular complexity index is 375. The van der Waals surface area contributed by atoms with E-state index in [9.17, 15) is 5.11 Å². The van der Waals surface area contributed by atoms with E-state index in [-0.39, 0.29) is 0 Å². The Morgan fingerprint density at radius 1 is 1.31 bits per heavy atom. The molecule has 2 aliphatic carbocycles. The van der Waals surface area contributed by atoms with Gasteiger partial charge in [-0.25, -0.2) is 0 Å². The summed E-state index contributed by atoms with van der Waals surface area (Å²) in [5.41, 5.74) is 5.28. The molecule has 1 atom stereocenters. The highest BCUT2D eigenvalue weighted by Gasteiger charge is 2.30. The van der Waals surface area contributed by atoms with Crippen molar-refractivity contribution in [3.63, 3.8) is 0 Å². The number of phenols is 1. The molecule has 0 radical (unpaired) electrons. The first-order valence-electron chi connectivity index (χ1n) is 5.14. The Morgan fingerprint density at radius 2 is 2.15 bits per heavy atom. The Morgan fingerprint density at radius 3 is 2.92 bits per heavy atom. The smallest absolute Gasteiger partial charge is 0.122 e. The molecule has 1 nitrogen and oxygen atoms in total. The minimum absolute atomic E-state index is 0.584. The first-order chi connectivity index (χ1) is 6.27. The molecule has 1 heteroatoms. The van der Waals surface area contributed by atoms with Crippen molar-refractivity contribution < 1.29 is 5.11 Å². The molecule has 0 fully saturated rings. The van der Waals surface area contributed by atoms with Gasteiger partial charge >= 0.3 is 0 Å². The second kappa shape index (κ2) is 2.28. The van der Waals surface area contributed by atoms with E-state index in [1.165, 1.54) is 35.1 Å². The lowest BCUT2D eigenvalue weighted by atomic mass is 9.76. The van der Waals surface area contributed by atoms with Crippen LogP contribution in [0.15, 0.2) is 6.07 Å². The molecule has 0 saturated carbocycles. The Balaban J connectivity index is 2.25. The SMILES string of the molecule is CC1Cc2cc3c(c(O)c21)CCC3. The Hall–Kier alpha value is -0.980. The quantitative estimate of drug-likeness (QED) is 0.640. The maximum Gasteiger partial charge on any atom is 0.122 e. The first kappa shape index (κ1) is 7.43. The number of hydrogen-bond acceptors (Lipinski definition) is 1. The van der Waals surface area contributed by atoms with Gasteiger partial charge in [0, 0.05) is 5.56 Å². The van der Waals surface area contributed by atoms with Crippen molar-refractivity contribution in [2.24, 2.45) is 0 Å². The molecule has 1 N–H and O–H groups in total. The van der Waals surface area contributed by atoms with Crippen LogP contribution in [-0.4, -0.2) is 5.11 Å².